The number of hydrogen-bond donors (Lipinski definition) is 6. The number of carbonyl (C=O) groups is 1. The van der Waals surface area contributed by atoms with Crippen LogP contribution >= 0.6 is 11.6 Å². The van der Waals surface area contributed by atoms with Crippen LogP contribution in [-0.4, -0.2) is 64.0 Å². The van der Waals surface area contributed by atoms with Crippen molar-refractivity contribution in [3.8, 4) is 5.75 Å². The first-order valence-corrected chi connectivity index (χ1v) is 11.0. The molecule has 0 radical (unpaired) electrons. The molecule has 0 bridgehead atoms. The van der Waals surface area contributed by atoms with Gasteiger partial charge < -0.3 is 31.7 Å². The van der Waals surface area contributed by atoms with Gasteiger partial charge in [0.25, 0.3) is 5.91 Å². The lowest BCUT2D eigenvalue weighted by atomic mass is 10.0. The summed E-state index contributed by atoms with van der Waals surface area (Å²) in [4.78, 5) is 24.4. The second-order valence-electron chi connectivity index (χ2n) is 7.83. The Morgan fingerprint density at radius 1 is 1.32 bits per heavy atom. The Labute approximate surface area is 201 Å². The number of nitrogen functional groups attached to an aromatic ring is 2. The molecule has 1 aliphatic heterocycles. The fraction of sp³-hybridized carbons (Fsp3) is 0.364. The molecule has 2 aromatic rings. The van der Waals surface area contributed by atoms with E-state index < -0.39 is 12.0 Å². The highest BCUT2D eigenvalue weighted by molar-refractivity contribution is 6.31. The first-order chi connectivity index (χ1) is 16.2. The quantitative estimate of drug-likeness (QED) is 0.276. The molecule has 1 aromatic carbocycles. The van der Waals surface area contributed by atoms with Gasteiger partial charge in [-0.2, -0.15) is 0 Å². The van der Waals surface area contributed by atoms with Gasteiger partial charge >= 0.3 is 0 Å². The van der Waals surface area contributed by atoms with Crippen LogP contribution in [0.15, 0.2) is 40.9 Å². The van der Waals surface area contributed by atoms with E-state index in [0.717, 1.165) is 18.4 Å². The summed E-state index contributed by atoms with van der Waals surface area (Å²) >= 11 is 5.83. The van der Waals surface area contributed by atoms with E-state index in [0.29, 0.717) is 18.3 Å². The molecule has 2 heterocycles. The molecule has 0 aliphatic carbocycles. The Hall–Kier alpha value is -3.41. The summed E-state index contributed by atoms with van der Waals surface area (Å²) in [6, 6.07) is 7.56. The van der Waals surface area contributed by atoms with Crippen molar-refractivity contribution in [2.24, 2.45) is 4.99 Å². The zero-order valence-electron chi connectivity index (χ0n) is 18.7. The molecular formula is C22H28ClN7O4. The van der Waals surface area contributed by atoms with E-state index in [2.05, 4.69) is 31.7 Å². The van der Waals surface area contributed by atoms with E-state index in [1.54, 1.807) is 0 Å². The number of guanidine groups is 1. The van der Waals surface area contributed by atoms with Gasteiger partial charge in [0, 0.05) is 0 Å². The summed E-state index contributed by atoms with van der Waals surface area (Å²) < 4.78 is 5.41. The summed E-state index contributed by atoms with van der Waals surface area (Å²) in [7, 11) is 0. The number of aromatic nitrogens is 2. The third-order valence-corrected chi connectivity index (χ3v) is 5.27. The van der Waals surface area contributed by atoms with Gasteiger partial charge in [-0.05, 0) is 37.5 Å². The summed E-state index contributed by atoms with van der Waals surface area (Å²) in [6.07, 6.45) is 2.87. The number of nitrogens with two attached hydrogens (primary N) is 2. The van der Waals surface area contributed by atoms with Crippen molar-refractivity contribution in [2.45, 2.75) is 31.9 Å². The number of halogens is 1. The molecule has 12 heteroatoms. The average molecular weight is 490 g/mol. The van der Waals surface area contributed by atoms with E-state index >= 15 is 0 Å². The molecule has 34 heavy (non-hydrogen) atoms. The number of rotatable bonds is 9. The van der Waals surface area contributed by atoms with Crippen LogP contribution in [0.3, 0.4) is 0 Å². The van der Waals surface area contributed by atoms with Crippen LogP contribution in [0, 0.1) is 0 Å². The first-order valence-electron chi connectivity index (χ1n) is 10.6. The van der Waals surface area contributed by atoms with Crippen molar-refractivity contribution in [3.05, 3.63) is 52.3 Å². The number of aliphatic imine (C=N–C) groups is 1. The van der Waals surface area contributed by atoms with Crippen LogP contribution in [0.25, 0.3) is 0 Å². The van der Waals surface area contributed by atoms with Gasteiger partial charge in [0.1, 0.15) is 18.5 Å². The van der Waals surface area contributed by atoms with E-state index in [-0.39, 0.29) is 41.7 Å². The highest BCUT2D eigenvalue weighted by atomic mass is 35.5. The molecule has 2 atom stereocenters. The lowest BCUT2D eigenvalue weighted by Crippen LogP contribution is -2.42. The van der Waals surface area contributed by atoms with E-state index in [1.807, 2.05) is 31.2 Å². The fourth-order valence-electron chi connectivity index (χ4n) is 3.17. The molecule has 0 spiro atoms. The van der Waals surface area contributed by atoms with E-state index in [1.165, 1.54) is 5.57 Å². The van der Waals surface area contributed by atoms with E-state index in [4.69, 9.17) is 32.9 Å². The van der Waals surface area contributed by atoms with Crippen molar-refractivity contribution in [1.82, 2.24) is 20.6 Å². The Morgan fingerprint density at radius 3 is 2.76 bits per heavy atom. The standard InChI is InChI=1S/C22H28ClN7O4/c1-12(2-3-13-4-6-16(7-5-13)34-11-15(32)10-31)8-14-9-26-22(27-14)30-21(33)17-19(24)29-20(25)18(23)28-17/h4-8,14-15,31-32H,2-3,9-11H2,1H3,(H4,24,25,29)(H2,26,27,30,33)/b12-8+/t14-,15-/m0/s1. The van der Waals surface area contributed by atoms with Gasteiger partial charge in [0.2, 0.25) is 0 Å². The summed E-state index contributed by atoms with van der Waals surface area (Å²) in [5.74, 6) is 0.204. The van der Waals surface area contributed by atoms with Crippen molar-refractivity contribution < 1.29 is 19.7 Å². The Morgan fingerprint density at radius 2 is 2.06 bits per heavy atom. The Bertz CT molecular complexity index is 1080. The Balaban J connectivity index is 1.46. The third-order valence-electron chi connectivity index (χ3n) is 4.99. The number of aryl methyl sites for hydroxylation is 1. The second kappa shape index (κ2) is 11.6. The van der Waals surface area contributed by atoms with Crippen LogP contribution in [0.5, 0.6) is 5.75 Å². The predicted molar refractivity (Wildman–Crippen MR) is 130 cm³/mol. The smallest absolute Gasteiger partial charge is 0.280 e. The van der Waals surface area contributed by atoms with Crippen LogP contribution in [0.1, 0.15) is 29.4 Å². The Kier molecular flexibility index (Phi) is 8.63. The number of amides is 1. The minimum absolute atomic E-state index is 0.0464. The molecule has 1 amide bonds. The first kappa shape index (κ1) is 25.2. The molecule has 182 valence electrons. The van der Waals surface area contributed by atoms with E-state index in [9.17, 15) is 9.90 Å². The SMILES string of the molecule is C/C(=C\[C@H]1CN=C(NC(=O)c2nc(Cl)c(N)nc2N)N1)CCc1ccc(OC[C@@H](O)CO)cc1. The zero-order valence-corrected chi connectivity index (χ0v) is 19.4. The normalized spacial score (nSPS) is 16.5. The molecule has 11 nitrogen and oxygen atoms in total. The third kappa shape index (κ3) is 7.04. The zero-order chi connectivity index (χ0) is 24.7. The minimum atomic E-state index is -0.891. The molecule has 1 aromatic heterocycles. The number of anilines is 2. The molecule has 8 N–H and O–H groups in total. The predicted octanol–water partition coefficient (Wildman–Crippen LogP) is 0.663. The number of allylic oxidation sites excluding steroid dienone is 1. The summed E-state index contributed by atoms with van der Waals surface area (Å²) in [6.45, 7) is 2.23. The van der Waals surface area contributed by atoms with Crippen molar-refractivity contribution in [1.29, 1.82) is 0 Å². The number of ether oxygens (including phenoxy) is 1. The lowest BCUT2D eigenvalue weighted by Gasteiger charge is -2.12. The molecule has 0 unspecified atom stereocenters. The molecule has 0 saturated carbocycles. The number of aliphatic hydroxyl groups is 2. The maximum atomic E-state index is 12.4. The summed E-state index contributed by atoms with van der Waals surface area (Å²) in [5, 5.41) is 23.8. The van der Waals surface area contributed by atoms with Crippen molar-refractivity contribution in [2.75, 3.05) is 31.2 Å². The molecular weight excluding hydrogens is 462 g/mol. The molecule has 0 fully saturated rings. The number of benzene rings is 1. The fourth-order valence-corrected chi connectivity index (χ4v) is 3.29. The number of nitrogens with one attached hydrogen (secondary N) is 2. The highest BCUT2D eigenvalue weighted by Gasteiger charge is 2.21. The topological polar surface area (TPSA) is 181 Å². The van der Waals surface area contributed by atoms with Gasteiger partial charge in [-0.1, -0.05) is 35.4 Å². The van der Waals surface area contributed by atoms with Gasteiger partial charge in [-0.15, -0.1) is 0 Å². The highest BCUT2D eigenvalue weighted by Crippen LogP contribution is 2.18. The second-order valence-corrected chi connectivity index (χ2v) is 8.19. The average Bonchev–Trinajstić information content (AvgIpc) is 3.25. The molecule has 1 aliphatic rings. The maximum Gasteiger partial charge on any atom is 0.280 e. The maximum absolute atomic E-state index is 12.4. The largest absolute Gasteiger partial charge is 0.491 e. The monoisotopic (exact) mass is 489 g/mol. The van der Waals surface area contributed by atoms with Gasteiger partial charge in [-0.25, -0.2) is 9.97 Å². The summed E-state index contributed by atoms with van der Waals surface area (Å²) in [5.41, 5.74) is 13.4. The number of carbonyl (C=O) groups excluding carboxylic acids is 1. The molecule has 3 rings (SSSR count). The number of hydrogen-bond acceptors (Lipinski definition) is 10. The van der Waals surface area contributed by atoms with Gasteiger partial charge in [-0.3, -0.25) is 15.1 Å². The number of nitrogens with zero attached hydrogens (tertiary/aromatic N) is 3. The van der Waals surface area contributed by atoms with Crippen LogP contribution in [0.2, 0.25) is 5.15 Å². The lowest BCUT2D eigenvalue weighted by molar-refractivity contribution is 0.0536. The number of aliphatic hydroxyl groups excluding tert-OH is 2. The van der Waals surface area contributed by atoms with Crippen LogP contribution in [-0.2, 0) is 6.42 Å². The van der Waals surface area contributed by atoms with Crippen LogP contribution < -0.4 is 26.8 Å². The van der Waals surface area contributed by atoms with Gasteiger partial charge in [0.15, 0.2) is 28.4 Å². The van der Waals surface area contributed by atoms with Crippen LogP contribution in [0.4, 0.5) is 11.6 Å². The molecule has 0 saturated heterocycles. The van der Waals surface area contributed by atoms with Crippen molar-refractivity contribution in [3.63, 3.8) is 0 Å². The van der Waals surface area contributed by atoms with Gasteiger partial charge in [0.05, 0.1) is 19.2 Å². The minimum Gasteiger partial charge on any atom is -0.491 e. The van der Waals surface area contributed by atoms with Crippen molar-refractivity contribution >= 4 is 35.1 Å².